The number of rotatable bonds is 7. The van der Waals surface area contributed by atoms with Gasteiger partial charge in [0.15, 0.2) is 0 Å². The molecule has 1 aromatic heterocycles. The van der Waals surface area contributed by atoms with Crippen molar-refractivity contribution >= 4 is 22.9 Å². The Labute approximate surface area is 180 Å². The molecule has 0 atom stereocenters. The molecule has 1 heterocycles. The Kier molecular flexibility index (Phi) is 11.9. The molecule has 0 radical (unpaired) electrons. The van der Waals surface area contributed by atoms with Crippen molar-refractivity contribution in [1.82, 2.24) is 15.8 Å². The first-order chi connectivity index (χ1) is 14.7. The van der Waals surface area contributed by atoms with Crippen molar-refractivity contribution in [3.8, 4) is 0 Å². The van der Waals surface area contributed by atoms with Crippen LogP contribution in [0.4, 0.5) is 0 Å². The standard InChI is InChI=1S/C21H23N3O2.2C2H6/c1-15-18(19-4-2-3-5-20(19)23-15)12-13-22-14-17-8-6-16(7-9-17)10-11-21(25)24-26;2*1-2/h2-11,22-23,26H,12-14H2,1H3,(H,24,25);2*1-2H3/b11-10+;;. The molecular weight excluding hydrogens is 374 g/mol. The highest BCUT2D eigenvalue weighted by atomic mass is 16.5. The van der Waals surface area contributed by atoms with E-state index in [4.69, 9.17) is 5.21 Å². The fourth-order valence-electron chi connectivity index (χ4n) is 3.06. The summed E-state index contributed by atoms with van der Waals surface area (Å²) in [5.74, 6) is -0.539. The number of nitrogens with one attached hydrogen (secondary N) is 3. The maximum atomic E-state index is 11.0. The Morgan fingerprint density at radius 2 is 1.70 bits per heavy atom. The number of fused-ring (bicyclic) bond motifs is 1. The van der Waals surface area contributed by atoms with Crippen molar-refractivity contribution in [2.75, 3.05) is 6.54 Å². The zero-order valence-corrected chi connectivity index (χ0v) is 18.8. The molecule has 0 saturated heterocycles. The molecule has 0 aliphatic heterocycles. The Bertz CT molecular complexity index is 912. The lowest BCUT2D eigenvalue weighted by Gasteiger charge is -2.06. The average molecular weight is 410 g/mol. The number of para-hydroxylation sites is 1. The van der Waals surface area contributed by atoms with Crippen LogP contribution in [0.2, 0.25) is 0 Å². The highest BCUT2D eigenvalue weighted by molar-refractivity contribution is 5.90. The van der Waals surface area contributed by atoms with E-state index in [-0.39, 0.29) is 0 Å². The van der Waals surface area contributed by atoms with E-state index in [1.807, 2.05) is 52.0 Å². The third-order valence-electron chi connectivity index (χ3n) is 4.42. The SMILES string of the molecule is CC.CC.Cc1[nH]c2ccccc2c1CCNCc1ccc(/C=C/C(=O)NO)cc1. The largest absolute Gasteiger partial charge is 0.358 e. The number of H-pyrrole nitrogens is 1. The minimum Gasteiger partial charge on any atom is -0.358 e. The number of hydrogen-bond acceptors (Lipinski definition) is 3. The highest BCUT2D eigenvalue weighted by Gasteiger charge is 2.07. The van der Waals surface area contributed by atoms with Gasteiger partial charge in [0, 0.05) is 29.2 Å². The van der Waals surface area contributed by atoms with Crippen molar-refractivity contribution in [3.63, 3.8) is 0 Å². The predicted octanol–water partition coefficient (Wildman–Crippen LogP) is 5.38. The Morgan fingerprint density at radius 1 is 1.03 bits per heavy atom. The van der Waals surface area contributed by atoms with Crippen LogP contribution in [0, 0.1) is 6.92 Å². The summed E-state index contributed by atoms with van der Waals surface area (Å²) in [5, 5.41) is 13.2. The maximum absolute atomic E-state index is 11.0. The highest BCUT2D eigenvalue weighted by Crippen LogP contribution is 2.21. The fourth-order valence-corrected chi connectivity index (χ4v) is 3.06. The number of aromatic amines is 1. The molecule has 0 unspecified atom stereocenters. The zero-order valence-electron chi connectivity index (χ0n) is 18.8. The van der Waals surface area contributed by atoms with Gasteiger partial charge >= 0.3 is 0 Å². The fraction of sp³-hybridized carbons (Fsp3) is 0.320. The van der Waals surface area contributed by atoms with Crippen LogP contribution in [0.5, 0.6) is 0 Å². The average Bonchev–Trinajstić information content (AvgIpc) is 3.13. The Morgan fingerprint density at radius 3 is 2.37 bits per heavy atom. The number of amides is 1. The summed E-state index contributed by atoms with van der Waals surface area (Å²) in [6.45, 7) is 11.8. The normalized spacial score (nSPS) is 10.2. The molecule has 30 heavy (non-hydrogen) atoms. The molecule has 0 saturated carbocycles. The summed E-state index contributed by atoms with van der Waals surface area (Å²) < 4.78 is 0. The monoisotopic (exact) mass is 409 g/mol. The summed E-state index contributed by atoms with van der Waals surface area (Å²) in [6.07, 6.45) is 3.92. The Hall–Kier alpha value is -2.89. The van der Waals surface area contributed by atoms with E-state index in [1.54, 1.807) is 11.6 Å². The second kappa shape index (κ2) is 14.1. The van der Waals surface area contributed by atoms with E-state index in [0.29, 0.717) is 0 Å². The summed E-state index contributed by atoms with van der Waals surface area (Å²) >= 11 is 0. The molecule has 162 valence electrons. The molecule has 3 aromatic rings. The molecule has 0 aliphatic rings. The minimum atomic E-state index is -0.539. The molecule has 5 heteroatoms. The minimum absolute atomic E-state index is 0.539. The first-order valence-electron chi connectivity index (χ1n) is 10.7. The number of carbonyl (C=O) groups excluding carboxylic acids is 1. The van der Waals surface area contributed by atoms with Crippen molar-refractivity contribution in [1.29, 1.82) is 0 Å². The maximum Gasteiger partial charge on any atom is 0.267 e. The van der Waals surface area contributed by atoms with E-state index < -0.39 is 5.91 Å². The second-order valence-electron chi connectivity index (χ2n) is 6.25. The van der Waals surface area contributed by atoms with Crippen molar-refractivity contribution < 1.29 is 10.0 Å². The van der Waals surface area contributed by atoms with Gasteiger partial charge in [-0.3, -0.25) is 10.0 Å². The van der Waals surface area contributed by atoms with Gasteiger partial charge in [0.1, 0.15) is 0 Å². The topological polar surface area (TPSA) is 77.2 Å². The molecule has 3 rings (SSSR count). The molecule has 4 N–H and O–H groups in total. The van der Waals surface area contributed by atoms with Crippen LogP contribution in [-0.4, -0.2) is 22.6 Å². The lowest BCUT2D eigenvalue weighted by atomic mass is 10.1. The number of aromatic nitrogens is 1. The van der Waals surface area contributed by atoms with Crippen LogP contribution >= 0.6 is 0 Å². The van der Waals surface area contributed by atoms with Gasteiger partial charge in [-0.15, -0.1) is 0 Å². The summed E-state index contributed by atoms with van der Waals surface area (Å²) in [4.78, 5) is 14.4. The van der Waals surface area contributed by atoms with Gasteiger partial charge in [-0.1, -0.05) is 70.2 Å². The molecule has 2 aromatic carbocycles. The van der Waals surface area contributed by atoms with E-state index in [2.05, 4.69) is 41.5 Å². The number of carbonyl (C=O) groups is 1. The summed E-state index contributed by atoms with van der Waals surface area (Å²) in [7, 11) is 0. The second-order valence-corrected chi connectivity index (χ2v) is 6.25. The van der Waals surface area contributed by atoms with Crippen LogP contribution in [-0.2, 0) is 17.8 Å². The van der Waals surface area contributed by atoms with E-state index in [1.165, 1.54) is 33.8 Å². The van der Waals surface area contributed by atoms with Gasteiger partial charge in [-0.2, -0.15) is 0 Å². The molecule has 0 spiro atoms. The van der Waals surface area contributed by atoms with Crippen molar-refractivity contribution in [2.45, 2.75) is 47.6 Å². The molecule has 5 nitrogen and oxygen atoms in total. The number of benzene rings is 2. The molecule has 0 aliphatic carbocycles. The molecular formula is C25H35N3O2. The summed E-state index contributed by atoms with van der Waals surface area (Å²) in [5.41, 5.74) is 7.46. The Balaban J connectivity index is 0.00000106. The third kappa shape index (κ3) is 7.50. The first kappa shape index (κ1) is 25.1. The van der Waals surface area contributed by atoms with E-state index >= 15 is 0 Å². The van der Waals surface area contributed by atoms with Crippen LogP contribution < -0.4 is 10.8 Å². The smallest absolute Gasteiger partial charge is 0.267 e. The van der Waals surface area contributed by atoms with Crippen LogP contribution in [0.15, 0.2) is 54.6 Å². The van der Waals surface area contributed by atoms with Gasteiger partial charge < -0.3 is 10.3 Å². The number of hydroxylamine groups is 1. The van der Waals surface area contributed by atoms with Crippen molar-refractivity contribution in [3.05, 3.63) is 77.0 Å². The van der Waals surface area contributed by atoms with Gasteiger partial charge in [-0.05, 0) is 48.7 Å². The van der Waals surface area contributed by atoms with Crippen LogP contribution in [0.3, 0.4) is 0 Å². The third-order valence-corrected chi connectivity index (χ3v) is 4.42. The van der Waals surface area contributed by atoms with E-state index in [0.717, 1.165) is 25.1 Å². The molecule has 0 fully saturated rings. The lowest BCUT2D eigenvalue weighted by molar-refractivity contribution is -0.124. The quantitative estimate of drug-likeness (QED) is 0.183. The number of hydrogen-bond donors (Lipinski definition) is 4. The van der Waals surface area contributed by atoms with Gasteiger partial charge in [0.2, 0.25) is 0 Å². The molecule has 1 amide bonds. The lowest BCUT2D eigenvalue weighted by Crippen LogP contribution is -2.16. The summed E-state index contributed by atoms with van der Waals surface area (Å²) in [6, 6.07) is 16.4. The predicted molar refractivity (Wildman–Crippen MR) is 127 cm³/mol. The van der Waals surface area contributed by atoms with Gasteiger partial charge in [-0.25, -0.2) is 5.48 Å². The first-order valence-corrected chi connectivity index (χ1v) is 10.7. The van der Waals surface area contributed by atoms with E-state index in [9.17, 15) is 4.79 Å². The number of aryl methyl sites for hydroxylation is 1. The zero-order chi connectivity index (χ0) is 22.4. The van der Waals surface area contributed by atoms with Crippen LogP contribution in [0.1, 0.15) is 50.1 Å². The van der Waals surface area contributed by atoms with Crippen molar-refractivity contribution in [2.24, 2.45) is 0 Å². The van der Waals surface area contributed by atoms with Crippen LogP contribution in [0.25, 0.3) is 17.0 Å². The van der Waals surface area contributed by atoms with Gasteiger partial charge in [0.05, 0.1) is 0 Å². The molecule has 0 bridgehead atoms. The van der Waals surface area contributed by atoms with Gasteiger partial charge in [0.25, 0.3) is 5.91 Å².